The van der Waals surface area contributed by atoms with Crippen LogP contribution >= 0.6 is 0 Å². The molecule has 0 bridgehead atoms. The molecule has 0 amide bonds. The quantitative estimate of drug-likeness (QED) is 0.690. The van der Waals surface area contributed by atoms with Gasteiger partial charge in [0.2, 0.25) is 0 Å². The van der Waals surface area contributed by atoms with E-state index in [1.165, 1.54) is 25.7 Å². The molecule has 0 saturated heterocycles. The first-order valence-corrected chi connectivity index (χ1v) is 6.72. The minimum Gasteiger partial charge on any atom is -0.494 e. The van der Waals surface area contributed by atoms with E-state index >= 15 is 0 Å². The van der Waals surface area contributed by atoms with Gasteiger partial charge in [0.25, 0.3) is 0 Å². The van der Waals surface area contributed by atoms with Crippen molar-refractivity contribution in [3.63, 3.8) is 0 Å². The Labute approximate surface area is 105 Å². The molecule has 1 aromatic carbocycles. The zero-order chi connectivity index (χ0) is 12.5. The standard InChI is InChI=1S/C15H25NO/c1-3-4-5-6-7-11-17-15-10-8-9-14(12-15)13(2)16/h8-10,12-13H,3-7,11,16H2,1-2H3/t13-/m0/s1. The van der Waals surface area contributed by atoms with Gasteiger partial charge in [-0.15, -0.1) is 0 Å². The van der Waals surface area contributed by atoms with Crippen molar-refractivity contribution < 1.29 is 4.74 Å². The van der Waals surface area contributed by atoms with Gasteiger partial charge >= 0.3 is 0 Å². The molecule has 0 heterocycles. The van der Waals surface area contributed by atoms with Crippen LogP contribution in [-0.4, -0.2) is 6.61 Å². The molecular weight excluding hydrogens is 210 g/mol. The van der Waals surface area contributed by atoms with Crippen LogP contribution in [0.5, 0.6) is 5.75 Å². The Morgan fingerprint density at radius 2 is 1.94 bits per heavy atom. The smallest absolute Gasteiger partial charge is 0.119 e. The van der Waals surface area contributed by atoms with Crippen LogP contribution in [0.4, 0.5) is 0 Å². The molecule has 1 atom stereocenters. The zero-order valence-corrected chi connectivity index (χ0v) is 11.1. The molecule has 0 aliphatic carbocycles. The monoisotopic (exact) mass is 235 g/mol. The Morgan fingerprint density at radius 3 is 2.65 bits per heavy atom. The van der Waals surface area contributed by atoms with Crippen molar-refractivity contribution in [3.8, 4) is 5.75 Å². The molecule has 0 radical (unpaired) electrons. The van der Waals surface area contributed by atoms with E-state index in [2.05, 4.69) is 6.92 Å². The largest absolute Gasteiger partial charge is 0.494 e. The van der Waals surface area contributed by atoms with Crippen LogP contribution in [0.2, 0.25) is 0 Å². The van der Waals surface area contributed by atoms with Crippen molar-refractivity contribution in [1.29, 1.82) is 0 Å². The van der Waals surface area contributed by atoms with Gasteiger partial charge < -0.3 is 10.5 Å². The van der Waals surface area contributed by atoms with E-state index < -0.39 is 0 Å². The average molecular weight is 235 g/mol. The minimum absolute atomic E-state index is 0.0723. The molecule has 0 aliphatic heterocycles. The van der Waals surface area contributed by atoms with E-state index in [0.29, 0.717) is 0 Å². The zero-order valence-electron chi connectivity index (χ0n) is 11.1. The highest BCUT2D eigenvalue weighted by Gasteiger charge is 2.00. The summed E-state index contributed by atoms with van der Waals surface area (Å²) in [6, 6.07) is 8.15. The number of rotatable bonds is 8. The molecule has 0 saturated carbocycles. The van der Waals surface area contributed by atoms with Crippen LogP contribution in [0.25, 0.3) is 0 Å². The lowest BCUT2D eigenvalue weighted by Gasteiger charge is -2.09. The number of nitrogens with two attached hydrogens (primary N) is 1. The predicted molar refractivity (Wildman–Crippen MR) is 73.3 cm³/mol. The molecular formula is C15H25NO. The second-order valence-electron chi connectivity index (χ2n) is 4.62. The average Bonchev–Trinajstić information content (AvgIpc) is 2.34. The third-order valence-corrected chi connectivity index (χ3v) is 2.90. The van der Waals surface area contributed by atoms with E-state index in [4.69, 9.17) is 10.5 Å². The molecule has 1 rings (SSSR count). The van der Waals surface area contributed by atoms with Gasteiger partial charge in [-0.25, -0.2) is 0 Å². The Hall–Kier alpha value is -1.02. The van der Waals surface area contributed by atoms with Crippen molar-refractivity contribution in [2.24, 2.45) is 5.73 Å². The van der Waals surface area contributed by atoms with Gasteiger partial charge in [-0.1, -0.05) is 44.7 Å². The molecule has 2 nitrogen and oxygen atoms in total. The van der Waals surface area contributed by atoms with E-state index in [9.17, 15) is 0 Å². The maximum Gasteiger partial charge on any atom is 0.119 e. The highest BCUT2D eigenvalue weighted by Crippen LogP contribution is 2.17. The van der Waals surface area contributed by atoms with Gasteiger partial charge in [-0.2, -0.15) is 0 Å². The molecule has 0 fully saturated rings. The highest BCUT2D eigenvalue weighted by molar-refractivity contribution is 5.30. The first kappa shape index (κ1) is 14.0. The SMILES string of the molecule is CCCCCCCOc1cccc([C@H](C)N)c1. The summed E-state index contributed by atoms with van der Waals surface area (Å²) in [5, 5.41) is 0. The van der Waals surface area contributed by atoms with Crippen molar-refractivity contribution in [1.82, 2.24) is 0 Å². The lowest BCUT2D eigenvalue weighted by molar-refractivity contribution is 0.304. The Morgan fingerprint density at radius 1 is 1.18 bits per heavy atom. The fourth-order valence-electron chi connectivity index (χ4n) is 1.78. The van der Waals surface area contributed by atoms with Crippen molar-refractivity contribution in [2.75, 3.05) is 6.61 Å². The summed E-state index contributed by atoms with van der Waals surface area (Å²) in [6.45, 7) is 5.03. The molecule has 0 spiro atoms. The number of benzene rings is 1. The van der Waals surface area contributed by atoms with Crippen LogP contribution in [0.1, 0.15) is 57.6 Å². The van der Waals surface area contributed by atoms with Crippen molar-refractivity contribution in [2.45, 2.75) is 52.0 Å². The predicted octanol–water partition coefficient (Wildman–Crippen LogP) is 4.06. The van der Waals surface area contributed by atoms with Crippen LogP contribution < -0.4 is 10.5 Å². The molecule has 2 N–H and O–H groups in total. The second kappa shape index (κ2) is 8.13. The topological polar surface area (TPSA) is 35.2 Å². The Bertz CT molecular complexity index is 310. The van der Waals surface area contributed by atoms with Crippen molar-refractivity contribution in [3.05, 3.63) is 29.8 Å². The molecule has 0 aromatic heterocycles. The molecule has 1 aromatic rings. The van der Waals surface area contributed by atoms with Crippen LogP contribution in [0, 0.1) is 0 Å². The normalized spacial score (nSPS) is 12.4. The van der Waals surface area contributed by atoms with Gasteiger partial charge in [0.1, 0.15) is 5.75 Å². The summed E-state index contributed by atoms with van der Waals surface area (Å²) in [4.78, 5) is 0. The maximum atomic E-state index is 5.84. The lowest BCUT2D eigenvalue weighted by Crippen LogP contribution is -2.05. The van der Waals surface area contributed by atoms with Crippen LogP contribution in [0.3, 0.4) is 0 Å². The number of hydrogen-bond acceptors (Lipinski definition) is 2. The van der Waals surface area contributed by atoms with Crippen molar-refractivity contribution >= 4 is 0 Å². The van der Waals surface area contributed by atoms with Gasteiger partial charge in [0.05, 0.1) is 6.61 Å². The summed E-state index contributed by atoms with van der Waals surface area (Å²) in [5.74, 6) is 0.940. The van der Waals surface area contributed by atoms with Gasteiger partial charge in [0, 0.05) is 6.04 Å². The molecule has 2 heteroatoms. The Kier molecular flexibility index (Phi) is 6.71. The minimum atomic E-state index is 0.0723. The summed E-state index contributed by atoms with van der Waals surface area (Å²) in [5.41, 5.74) is 6.97. The summed E-state index contributed by atoms with van der Waals surface area (Å²) in [6.07, 6.45) is 6.35. The number of hydrogen-bond donors (Lipinski definition) is 1. The first-order chi connectivity index (χ1) is 8.24. The lowest BCUT2D eigenvalue weighted by atomic mass is 10.1. The number of unbranched alkanes of at least 4 members (excludes halogenated alkanes) is 4. The molecule has 0 aliphatic rings. The van der Waals surface area contributed by atoms with E-state index in [1.807, 2.05) is 31.2 Å². The highest BCUT2D eigenvalue weighted by atomic mass is 16.5. The van der Waals surface area contributed by atoms with Crippen LogP contribution in [0.15, 0.2) is 24.3 Å². The second-order valence-corrected chi connectivity index (χ2v) is 4.62. The third-order valence-electron chi connectivity index (χ3n) is 2.90. The van der Waals surface area contributed by atoms with E-state index in [-0.39, 0.29) is 6.04 Å². The summed E-state index contributed by atoms with van der Waals surface area (Å²) in [7, 11) is 0. The summed E-state index contributed by atoms with van der Waals surface area (Å²) >= 11 is 0. The fraction of sp³-hybridized carbons (Fsp3) is 0.600. The van der Waals surface area contributed by atoms with E-state index in [0.717, 1.165) is 24.3 Å². The third kappa shape index (κ3) is 5.73. The summed E-state index contributed by atoms with van der Waals surface area (Å²) < 4.78 is 5.72. The van der Waals surface area contributed by atoms with Gasteiger partial charge in [-0.05, 0) is 31.0 Å². The number of ether oxygens (including phenoxy) is 1. The molecule has 0 unspecified atom stereocenters. The Balaban J connectivity index is 2.24. The van der Waals surface area contributed by atoms with Crippen LogP contribution in [-0.2, 0) is 0 Å². The van der Waals surface area contributed by atoms with E-state index in [1.54, 1.807) is 0 Å². The fourth-order valence-corrected chi connectivity index (χ4v) is 1.78. The van der Waals surface area contributed by atoms with Gasteiger partial charge in [0.15, 0.2) is 0 Å². The maximum absolute atomic E-state index is 5.84. The first-order valence-electron chi connectivity index (χ1n) is 6.72. The van der Waals surface area contributed by atoms with Gasteiger partial charge in [-0.3, -0.25) is 0 Å². The molecule has 17 heavy (non-hydrogen) atoms. The molecule has 96 valence electrons.